The molecule has 0 aliphatic heterocycles. The highest BCUT2D eigenvalue weighted by Gasteiger charge is 2.15. The molecule has 7 heteroatoms. The van der Waals surface area contributed by atoms with Crippen molar-refractivity contribution in [1.29, 1.82) is 0 Å². The summed E-state index contributed by atoms with van der Waals surface area (Å²) in [4.78, 5) is 20.5. The predicted octanol–water partition coefficient (Wildman–Crippen LogP) is 2.97. The molecule has 5 rings (SSSR count). The van der Waals surface area contributed by atoms with Gasteiger partial charge in [0.15, 0.2) is 0 Å². The monoisotopic (exact) mass is 327 g/mol. The summed E-state index contributed by atoms with van der Waals surface area (Å²) in [5.74, 6) is 0. The van der Waals surface area contributed by atoms with Gasteiger partial charge in [0.05, 0.1) is 22.8 Å². The molecule has 0 saturated heterocycles. The smallest absolute Gasteiger partial charge is 0.141 e. The molecule has 0 unspecified atom stereocenters. The second-order valence-electron chi connectivity index (χ2n) is 5.85. The highest BCUT2D eigenvalue weighted by molar-refractivity contribution is 6.03. The van der Waals surface area contributed by atoms with Crippen molar-refractivity contribution >= 4 is 21.9 Å². The Balaban J connectivity index is 1.78. The number of nitrogens with zero attached hydrogens (tertiary/aromatic N) is 6. The fourth-order valence-corrected chi connectivity index (χ4v) is 3.11. The van der Waals surface area contributed by atoms with Crippen molar-refractivity contribution in [3.05, 3.63) is 55.6 Å². The van der Waals surface area contributed by atoms with Crippen molar-refractivity contribution in [3.63, 3.8) is 0 Å². The molecular weight excluding hydrogens is 314 g/mol. The Labute approximate surface area is 142 Å². The number of rotatable bonds is 2. The van der Waals surface area contributed by atoms with Crippen molar-refractivity contribution in [2.75, 3.05) is 0 Å². The average Bonchev–Trinajstić information content (AvgIpc) is 3.27. The van der Waals surface area contributed by atoms with E-state index in [9.17, 15) is 0 Å². The van der Waals surface area contributed by atoms with Crippen molar-refractivity contribution < 1.29 is 0 Å². The third-order valence-electron chi connectivity index (χ3n) is 4.26. The minimum Gasteiger partial charge on any atom is -0.345 e. The van der Waals surface area contributed by atoms with Crippen LogP contribution in [0.1, 0.15) is 0 Å². The van der Waals surface area contributed by atoms with Crippen molar-refractivity contribution in [2.24, 2.45) is 7.05 Å². The molecule has 0 aliphatic carbocycles. The third kappa shape index (κ3) is 2.17. The van der Waals surface area contributed by atoms with Crippen LogP contribution in [0.15, 0.2) is 55.6 Å². The van der Waals surface area contributed by atoms with Crippen LogP contribution in [-0.4, -0.2) is 34.7 Å². The van der Waals surface area contributed by atoms with E-state index in [0.29, 0.717) is 0 Å². The van der Waals surface area contributed by atoms with Crippen molar-refractivity contribution in [1.82, 2.24) is 34.7 Å². The Hall–Kier alpha value is -3.61. The topological polar surface area (TPSA) is 85.2 Å². The second-order valence-corrected chi connectivity index (χ2v) is 5.85. The lowest BCUT2D eigenvalue weighted by molar-refractivity contribution is 0.768. The maximum atomic E-state index is 4.50. The van der Waals surface area contributed by atoms with Crippen LogP contribution in [0, 0.1) is 0 Å². The predicted molar refractivity (Wildman–Crippen MR) is 94.6 cm³/mol. The maximum Gasteiger partial charge on any atom is 0.141 e. The Kier molecular flexibility index (Phi) is 2.87. The lowest BCUT2D eigenvalue weighted by Gasteiger charge is -2.05. The zero-order valence-corrected chi connectivity index (χ0v) is 13.4. The number of fused-ring (bicyclic) bond motifs is 2. The standard InChI is InChI=1S/C18H13N7/c1-25-8-13(6-24-25)17-16-14(7-20-18(16)23-10-22-17)11-2-3-15-12(4-11)5-19-9-21-15/h2-10H,1H3,(H,20,22,23). The average molecular weight is 327 g/mol. The lowest BCUT2D eigenvalue weighted by atomic mass is 10.0. The summed E-state index contributed by atoms with van der Waals surface area (Å²) < 4.78 is 1.77. The van der Waals surface area contributed by atoms with Crippen molar-refractivity contribution in [3.8, 4) is 22.4 Å². The molecule has 25 heavy (non-hydrogen) atoms. The Morgan fingerprint density at radius 2 is 1.96 bits per heavy atom. The van der Waals surface area contributed by atoms with Gasteiger partial charge < -0.3 is 4.98 Å². The molecule has 0 saturated carbocycles. The number of H-pyrrole nitrogens is 1. The number of nitrogens with one attached hydrogen (secondary N) is 1. The van der Waals surface area contributed by atoms with E-state index in [1.165, 1.54) is 0 Å². The Morgan fingerprint density at radius 1 is 1.00 bits per heavy atom. The second kappa shape index (κ2) is 5.20. The van der Waals surface area contributed by atoms with Gasteiger partial charge in [0.2, 0.25) is 0 Å². The molecule has 0 aliphatic rings. The molecule has 0 atom stereocenters. The van der Waals surface area contributed by atoms with E-state index in [1.54, 1.807) is 17.3 Å². The third-order valence-corrected chi connectivity index (χ3v) is 4.26. The van der Waals surface area contributed by atoms with Crippen LogP contribution in [0.2, 0.25) is 0 Å². The molecule has 0 spiro atoms. The normalized spacial score (nSPS) is 11.4. The number of aromatic nitrogens is 7. The van der Waals surface area contributed by atoms with Crippen LogP contribution in [0.25, 0.3) is 44.3 Å². The van der Waals surface area contributed by atoms with Gasteiger partial charge >= 0.3 is 0 Å². The van der Waals surface area contributed by atoms with E-state index in [1.807, 2.05) is 37.9 Å². The van der Waals surface area contributed by atoms with E-state index in [4.69, 9.17) is 0 Å². The van der Waals surface area contributed by atoms with E-state index < -0.39 is 0 Å². The van der Waals surface area contributed by atoms with Crippen LogP contribution in [0.3, 0.4) is 0 Å². The number of hydrogen-bond acceptors (Lipinski definition) is 5. The molecule has 4 heterocycles. The summed E-state index contributed by atoms with van der Waals surface area (Å²) in [6, 6.07) is 6.13. The van der Waals surface area contributed by atoms with Gasteiger partial charge in [0.1, 0.15) is 18.3 Å². The molecule has 120 valence electrons. The van der Waals surface area contributed by atoms with Crippen LogP contribution < -0.4 is 0 Å². The molecular formula is C18H13N7. The molecule has 0 radical (unpaired) electrons. The first-order valence-electron chi connectivity index (χ1n) is 7.81. The van der Waals surface area contributed by atoms with E-state index in [0.717, 1.165) is 44.3 Å². The van der Waals surface area contributed by atoms with E-state index in [-0.39, 0.29) is 0 Å². The first kappa shape index (κ1) is 13.8. The van der Waals surface area contributed by atoms with Gasteiger partial charge in [-0.05, 0) is 17.7 Å². The fraction of sp³-hybridized carbons (Fsp3) is 0.0556. The summed E-state index contributed by atoms with van der Waals surface area (Å²) in [5, 5.41) is 6.23. The largest absolute Gasteiger partial charge is 0.345 e. The van der Waals surface area contributed by atoms with Crippen molar-refractivity contribution in [2.45, 2.75) is 0 Å². The Morgan fingerprint density at radius 3 is 2.84 bits per heavy atom. The van der Waals surface area contributed by atoms with Crippen LogP contribution in [0.4, 0.5) is 0 Å². The summed E-state index contributed by atoms with van der Waals surface area (Å²) in [6.07, 6.45) is 10.7. The zero-order valence-electron chi connectivity index (χ0n) is 13.4. The van der Waals surface area contributed by atoms with Gasteiger partial charge in [-0.1, -0.05) is 6.07 Å². The first-order valence-corrected chi connectivity index (χ1v) is 7.81. The van der Waals surface area contributed by atoms with Gasteiger partial charge in [-0.3, -0.25) is 4.68 Å². The van der Waals surface area contributed by atoms with Crippen LogP contribution >= 0.6 is 0 Å². The molecule has 4 aromatic heterocycles. The lowest BCUT2D eigenvalue weighted by Crippen LogP contribution is -1.88. The van der Waals surface area contributed by atoms with Gasteiger partial charge in [-0.25, -0.2) is 19.9 Å². The highest BCUT2D eigenvalue weighted by Crippen LogP contribution is 2.34. The number of benzene rings is 1. The highest BCUT2D eigenvalue weighted by atomic mass is 15.2. The van der Waals surface area contributed by atoms with Gasteiger partial charge in [0, 0.05) is 42.2 Å². The van der Waals surface area contributed by atoms with Gasteiger partial charge in [-0.2, -0.15) is 5.10 Å². The van der Waals surface area contributed by atoms with E-state index in [2.05, 4.69) is 42.2 Å². The molecule has 7 nitrogen and oxygen atoms in total. The van der Waals surface area contributed by atoms with Crippen LogP contribution in [-0.2, 0) is 7.05 Å². The minimum atomic E-state index is 0.799. The summed E-state index contributed by atoms with van der Waals surface area (Å²) in [7, 11) is 1.89. The molecule has 0 bridgehead atoms. The molecule has 0 fully saturated rings. The summed E-state index contributed by atoms with van der Waals surface area (Å²) in [6.45, 7) is 0. The molecule has 1 aromatic carbocycles. The fourth-order valence-electron chi connectivity index (χ4n) is 3.11. The summed E-state index contributed by atoms with van der Waals surface area (Å²) >= 11 is 0. The number of aromatic amines is 1. The van der Waals surface area contributed by atoms with Gasteiger partial charge in [-0.15, -0.1) is 0 Å². The molecule has 0 amide bonds. The van der Waals surface area contributed by atoms with Crippen LogP contribution in [0.5, 0.6) is 0 Å². The molecule has 5 aromatic rings. The number of hydrogen-bond donors (Lipinski definition) is 1. The maximum absolute atomic E-state index is 4.50. The minimum absolute atomic E-state index is 0.799. The first-order chi connectivity index (χ1) is 12.3. The Bertz CT molecular complexity index is 1220. The quantitative estimate of drug-likeness (QED) is 0.539. The SMILES string of the molecule is Cn1cc(-c2ncnc3[nH]cc(-c4ccc5ncncc5c4)c23)cn1. The van der Waals surface area contributed by atoms with E-state index >= 15 is 0 Å². The summed E-state index contributed by atoms with van der Waals surface area (Å²) in [5.41, 5.74) is 5.64. The zero-order chi connectivity index (χ0) is 16.8. The van der Waals surface area contributed by atoms with Gasteiger partial charge in [0.25, 0.3) is 0 Å². The molecule has 1 N–H and O–H groups in total. The number of aryl methyl sites for hydroxylation is 1.